The highest BCUT2D eigenvalue weighted by Crippen LogP contribution is 2.30. The number of carbonyl (C=O) groups excluding carboxylic acids is 3. The Labute approximate surface area is 233 Å². The number of carbonyl (C=O) groups is 3. The first-order valence-electron chi connectivity index (χ1n) is 13.7. The molecular formula is C31H33N5O4. The number of benzene rings is 2. The predicted octanol–water partition coefficient (Wildman–Crippen LogP) is 2.99. The van der Waals surface area contributed by atoms with Crippen molar-refractivity contribution >= 4 is 35.6 Å². The van der Waals surface area contributed by atoms with Crippen molar-refractivity contribution in [1.82, 2.24) is 19.7 Å². The number of rotatable bonds is 6. The van der Waals surface area contributed by atoms with Crippen LogP contribution in [0, 0.1) is 0 Å². The lowest BCUT2D eigenvalue weighted by Gasteiger charge is -2.26. The minimum atomic E-state index is -0.631. The minimum absolute atomic E-state index is 0.211. The largest absolute Gasteiger partial charge is 0.379 e. The molecule has 2 saturated heterocycles. The fourth-order valence-electron chi connectivity index (χ4n) is 5.64. The van der Waals surface area contributed by atoms with Gasteiger partial charge in [-0.3, -0.25) is 19.3 Å². The molecule has 2 fully saturated rings. The zero-order valence-electron chi connectivity index (χ0n) is 22.5. The summed E-state index contributed by atoms with van der Waals surface area (Å²) in [6.07, 6.45) is 6.17. The number of hydrogen-bond donors (Lipinski definition) is 2. The molecule has 0 aliphatic carbocycles. The van der Waals surface area contributed by atoms with E-state index < -0.39 is 6.04 Å². The summed E-state index contributed by atoms with van der Waals surface area (Å²) in [6, 6.07) is 16.6. The van der Waals surface area contributed by atoms with Crippen molar-refractivity contribution < 1.29 is 19.1 Å². The van der Waals surface area contributed by atoms with Crippen LogP contribution in [0.1, 0.15) is 44.0 Å². The monoisotopic (exact) mass is 539 g/mol. The highest BCUT2D eigenvalue weighted by atomic mass is 16.5. The summed E-state index contributed by atoms with van der Waals surface area (Å²) in [5.74, 6) is -0.662. The molecule has 2 atom stereocenters. The Morgan fingerprint density at radius 3 is 2.55 bits per heavy atom. The van der Waals surface area contributed by atoms with Crippen molar-refractivity contribution in [3.63, 3.8) is 0 Å². The molecule has 3 aliphatic heterocycles. The number of nitrogens with zero attached hydrogens (tertiary/aromatic N) is 3. The van der Waals surface area contributed by atoms with E-state index in [9.17, 15) is 14.4 Å². The summed E-state index contributed by atoms with van der Waals surface area (Å²) >= 11 is 0. The van der Waals surface area contributed by atoms with Gasteiger partial charge >= 0.3 is 0 Å². The average Bonchev–Trinajstić information content (AvgIpc) is 3.57. The number of hydrogen-bond acceptors (Lipinski definition) is 5. The maximum Gasteiger partial charge on any atom is 0.268 e. The van der Waals surface area contributed by atoms with Crippen LogP contribution in [0.4, 0.5) is 5.69 Å². The van der Waals surface area contributed by atoms with Gasteiger partial charge in [0.25, 0.3) is 11.8 Å². The predicted molar refractivity (Wildman–Crippen MR) is 153 cm³/mol. The van der Waals surface area contributed by atoms with Crippen LogP contribution >= 0.6 is 0 Å². The van der Waals surface area contributed by atoms with Crippen molar-refractivity contribution in [3.05, 3.63) is 88.7 Å². The lowest BCUT2D eigenvalue weighted by Crippen LogP contribution is -2.41. The van der Waals surface area contributed by atoms with Gasteiger partial charge in [0.05, 0.1) is 24.5 Å². The summed E-state index contributed by atoms with van der Waals surface area (Å²) in [7, 11) is 1.80. The zero-order valence-corrected chi connectivity index (χ0v) is 22.5. The highest BCUT2D eigenvalue weighted by molar-refractivity contribution is 6.10. The van der Waals surface area contributed by atoms with Crippen LogP contribution in [-0.2, 0) is 23.1 Å². The molecule has 1 aromatic heterocycles. The Morgan fingerprint density at radius 2 is 1.80 bits per heavy atom. The molecule has 0 spiro atoms. The second kappa shape index (κ2) is 11.1. The average molecular weight is 540 g/mol. The first kappa shape index (κ1) is 26.0. The fourth-order valence-corrected chi connectivity index (χ4v) is 5.64. The van der Waals surface area contributed by atoms with E-state index in [-0.39, 0.29) is 30.3 Å². The molecule has 9 heteroatoms. The van der Waals surface area contributed by atoms with Crippen LogP contribution in [-0.4, -0.2) is 77.0 Å². The van der Waals surface area contributed by atoms with E-state index in [1.54, 1.807) is 40.9 Å². The van der Waals surface area contributed by atoms with Gasteiger partial charge in [-0.05, 0) is 47.4 Å². The van der Waals surface area contributed by atoms with Crippen LogP contribution in [0.15, 0.2) is 60.8 Å². The molecule has 3 aliphatic rings. The molecule has 3 aromatic rings. The standard InChI is InChI=1S/C31H33N5O4/c1-34-12-2-3-27(34)29(37)32-24-18-28-30(38)33-26-11-10-22(17-25(26)31(39)36(28)20-24)7-4-21-5-8-23(9-6-21)19-35-13-15-40-16-14-35/h2-12,17,24,28H,13-16,18-20H2,1H3,(H,32,37)(H,33,38). The third-order valence-electron chi connectivity index (χ3n) is 7.87. The van der Waals surface area contributed by atoms with Gasteiger partial charge in [0, 0.05) is 45.5 Å². The number of aryl methyl sites for hydroxylation is 1. The second-order valence-electron chi connectivity index (χ2n) is 10.6. The lowest BCUT2D eigenvalue weighted by atomic mass is 10.1. The second-order valence-corrected chi connectivity index (χ2v) is 10.6. The van der Waals surface area contributed by atoms with E-state index >= 15 is 0 Å². The number of anilines is 1. The highest BCUT2D eigenvalue weighted by Gasteiger charge is 2.43. The van der Waals surface area contributed by atoms with Crippen molar-refractivity contribution in [2.24, 2.45) is 7.05 Å². The van der Waals surface area contributed by atoms with E-state index in [2.05, 4.69) is 39.8 Å². The molecule has 40 heavy (non-hydrogen) atoms. The Bertz CT molecular complexity index is 1450. The molecule has 0 radical (unpaired) electrons. The van der Waals surface area contributed by atoms with Gasteiger partial charge < -0.3 is 24.8 Å². The normalized spacial score (nSPS) is 21.2. The van der Waals surface area contributed by atoms with E-state index in [0.29, 0.717) is 23.4 Å². The quantitative estimate of drug-likeness (QED) is 0.470. The maximum atomic E-state index is 13.6. The van der Waals surface area contributed by atoms with Crippen LogP contribution < -0.4 is 10.6 Å². The van der Waals surface area contributed by atoms with Gasteiger partial charge in [-0.2, -0.15) is 0 Å². The summed E-state index contributed by atoms with van der Waals surface area (Å²) in [5, 5.41) is 5.91. The van der Waals surface area contributed by atoms with Crippen LogP contribution in [0.5, 0.6) is 0 Å². The molecule has 6 rings (SSSR count). The molecule has 0 bridgehead atoms. The Kier molecular flexibility index (Phi) is 7.23. The number of aromatic nitrogens is 1. The molecule has 2 unspecified atom stereocenters. The Hall–Kier alpha value is -4.21. The van der Waals surface area contributed by atoms with E-state index in [0.717, 1.165) is 44.0 Å². The van der Waals surface area contributed by atoms with E-state index in [4.69, 9.17) is 4.74 Å². The van der Waals surface area contributed by atoms with Crippen molar-refractivity contribution in [3.8, 4) is 0 Å². The minimum Gasteiger partial charge on any atom is -0.379 e. The lowest BCUT2D eigenvalue weighted by molar-refractivity contribution is -0.119. The maximum absolute atomic E-state index is 13.6. The van der Waals surface area contributed by atoms with E-state index in [1.807, 2.05) is 24.3 Å². The van der Waals surface area contributed by atoms with Crippen LogP contribution in [0.3, 0.4) is 0 Å². The summed E-state index contributed by atoms with van der Waals surface area (Å²) in [5.41, 5.74) is 4.70. The van der Waals surface area contributed by atoms with Crippen molar-refractivity contribution in [1.29, 1.82) is 0 Å². The van der Waals surface area contributed by atoms with Gasteiger partial charge in [-0.15, -0.1) is 0 Å². The number of nitrogens with one attached hydrogen (secondary N) is 2. The van der Waals surface area contributed by atoms with Gasteiger partial charge in [0.1, 0.15) is 11.7 Å². The van der Waals surface area contributed by atoms with Gasteiger partial charge in [0.15, 0.2) is 0 Å². The summed E-state index contributed by atoms with van der Waals surface area (Å²) in [6.45, 7) is 4.69. The van der Waals surface area contributed by atoms with Crippen LogP contribution in [0.25, 0.3) is 12.2 Å². The molecule has 3 amide bonds. The smallest absolute Gasteiger partial charge is 0.268 e. The van der Waals surface area contributed by atoms with E-state index in [1.165, 1.54) is 5.56 Å². The number of fused-ring (bicyclic) bond motifs is 2. The Morgan fingerprint density at radius 1 is 1.05 bits per heavy atom. The van der Waals surface area contributed by atoms with Gasteiger partial charge in [0.2, 0.25) is 5.91 Å². The molecule has 206 valence electrons. The molecule has 9 nitrogen and oxygen atoms in total. The SMILES string of the molecule is Cn1cccc1C(=O)NC1CC2C(=O)Nc3ccc(C=Cc4ccc(CN5CCOCC5)cc4)cc3C(=O)N2C1. The third kappa shape index (κ3) is 5.43. The molecule has 2 N–H and O–H groups in total. The Balaban J connectivity index is 1.13. The first-order valence-corrected chi connectivity index (χ1v) is 13.7. The number of morpholine rings is 1. The molecular weight excluding hydrogens is 506 g/mol. The fraction of sp³-hybridized carbons (Fsp3) is 0.323. The van der Waals surface area contributed by atoms with Crippen LogP contribution in [0.2, 0.25) is 0 Å². The zero-order chi connectivity index (χ0) is 27.6. The number of amides is 3. The van der Waals surface area contributed by atoms with Crippen molar-refractivity contribution in [2.45, 2.75) is 25.0 Å². The molecule has 0 saturated carbocycles. The number of ether oxygens (including phenoxy) is 1. The third-order valence-corrected chi connectivity index (χ3v) is 7.87. The summed E-state index contributed by atoms with van der Waals surface area (Å²) < 4.78 is 7.17. The summed E-state index contributed by atoms with van der Waals surface area (Å²) in [4.78, 5) is 43.3. The van der Waals surface area contributed by atoms with Gasteiger partial charge in [-0.1, -0.05) is 42.5 Å². The topological polar surface area (TPSA) is 95.9 Å². The molecule has 4 heterocycles. The first-order chi connectivity index (χ1) is 19.4. The van der Waals surface area contributed by atoms with Crippen molar-refractivity contribution in [2.75, 3.05) is 38.2 Å². The van der Waals surface area contributed by atoms with Gasteiger partial charge in [-0.25, -0.2) is 0 Å². The molecule has 2 aromatic carbocycles.